The minimum Gasteiger partial charge on any atom is -0.497 e. The average molecular weight is 375 g/mol. The van der Waals surface area contributed by atoms with Crippen LogP contribution in [0.15, 0.2) is 47.8 Å². The summed E-state index contributed by atoms with van der Waals surface area (Å²) >= 11 is 7.29. The zero-order valence-electron chi connectivity index (χ0n) is 13.6. The van der Waals surface area contributed by atoms with Crippen molar-refractivity contribution in [2.45, 2.75) is 0 Å². The lowest BCUT2D eigenvalue weighted by Crippen LogP contribution is -2.13. The number of hydrogen-bond acceptors (Lipinski definition) is 5. The van der Waals surface area contributed by atoms with E-state index in [-0.39, 0.29) is 5.91 Å². The number of ether oxygens (including phenoxy) is 2. The number of carbonyl (C=O) groups excluding carboxylic acids is 1. The smallest absolute Gasteiger partial charge is 0.275 e. The summed E-state index contributed by atoms with van der Waals surface area (Å²) in [5.41, 5.74) is 1.80. The first kappa shape index (κ1) is 17.3. The normalized spacial score (nSPS) is 10.4. The lowest BCUT2D eigenvalue weighted by atomic mass is 10.2. The molecule has 0 radical (unpaired) electrons. The molecule has 128 valence electrons. The average Bonchev–Trinajstić information content (AvgIpc) is 3.13. The second kappa shape index (κ2) is 7.55. The largest absolute Gasteiger partial charge is 0.497 e. The molecule has 0 spiro atoms. The molecule has 0 atom stereocenters. The maximum atomic E-state index is 12.5. The summed E-state index contributed by atoms with van der Waals surface area (Å²) in [5, 5.41) is 5.93. The van der Waals surface area contributed by atoms with Crippen molar-refractivity contribution in [1.82, 2.24) is 4.98 Å². The van der Waals surface area contributed by atoms with E-state index in [0.717, 1.165) is 10.6 Å². The fourth-order valence-corrected chi connectivity index (χ4v) is 3.12. The highest BCUT2D eigenvalue weighted by molar-refractivity contribution is 7.13. The van der Waals surface area contributed by atoms with Gasteiger partial charge in [0.2, 0.25) is 0 Å². The van der Waals surface area contributed by atoms with Gasteiger partial charge in [-0.3, -0.25) is 4.79 Å². The quantitative estimate of drug-likeness (QED) is 0.701. The number of thiazole rings is 1. The van der Waals surface area contributed by atoms with E-state index in [1.54, 1.807) is 42.8 Å². The summed E-state index contributed by atoms with van der Waals surface area (Å²) in [4.78, 5) is 16.9. The Balaban J connectivity index is 1.79. The van der Waals surface area contributed by atoms with E-state index in [4.69, 9.17) is 21.1 Å². The highest BCUT2D eigenvalue weighted by Crippen LogP contribution is 2.30. The van der Waals surface area contributed by atoms with E-state index < -0.39 is 0 Å². The number of carbonyl (C=O) groups is 1. The predicted molar refractivity (Wildman–Crippen MR) is 100 cm³/mol. The minimum atomic E-state index is -0.306. The first-order valence-electron chi connectivity index (χ1n) is 7.35. The third-order valence-corrected chi connectivity index (χ3v) is 4.63. The van der Waals surface area contributed by atoms with Gasteiger partial charge in [-0.2, -0.15) is 0 Å². The van der Waals surface area contributed by atoms with Gasteiger partial charge >= 0.3 is 0 Å². The Morgan fingerprint density at radius 2 is 1.88 bits per heavy atom. The zero-order valence-corrected chi connectivity index (χ0v) is 15.1. The van der Waals surface area contributed by atoms with Crippen molar-refractivity contribution < 1.29 is 14.3 Å². The summed E-state index contributed by atoms with van der Waals surface area (Å²) in [6, 6.07) is 12.5. The number of amides is 1. The molecule has 1 N–H and O–H groups in total. The molecular weight excluding hydrogens is 360 g/mol. The van der Waals surface area contributed by atoms with Crippen LogP contribution in [0.2, 0.25) is 5.02 Å². The molecule has 5 nitrogen and oxygen atoms in total. The molecule has 0 aliphatic carbocycles. The van der Waals surface area contributed by atoms with Crippen LogP contribution in [-0.2, 0) is 0 Å². The van der Waals surface area contributed by atoms with Crippen LogP contribution < -0.4 is 14.8 Å². The number of benzene rings is 2. The molecule has 1 aromatic heterocycles. The third-order valence-electron chi connectivity index (χ3n) is 3.48. The molecule has 2 aromatic carbocycles. The second-order valence-corrected chi connectivity index (χ2v) is 6.36. The number of halogens is 1. The van der Waals surface area contributed by atoms with Crippen LogP contribution in [0.5, 0.6) is 11.5 Å². The van der Waals surface area contributed by atoms with Crippen LogP contribution in [-0.4, -0.2) is 25.1 Å². The number of nitrogens with zero attached hydrogens (tertiary/aromatic N) is 1. The van der Waals surface area contributed by atoms with Crippen LogP contribution in [0.4, 0.5) is 5.69 Å². The van der Waals surface area contributed by atoms with Crippen LogP contribution >= 0.6 is 22.9 Å². The van der Waals surface area contributed by atoms with E-state index in [9.17, 15) is 4.79 Å². The van der Waals surface area contributed by atoms with Gasteiger partial charge in [0.1, 0.15) is 22.2 Å². The Kier molecular flexibility index (Phi) is 5.21. The molecule has 0 bridgehead atoms. The molecule has 3 aromatic rings. The Morgan fingerprint density at radius 1 is 1.12 bits per heavy atom. The van der Waals surface area contributed by atoms with Gasteiger partial charge in [0, 0.05) is 22.0 Å². The molecule has 3 rings (SSSR count). The molecule has 0 fully saturated rings. The van der Waals surface area contributed by atoms with Crippen LogP contribution in [0.3, 0.4) is 0 Å². The molecule has 7 heteroatoms. The van der Waals surface area contributed by atoms with Crippen molar-refractivity contribution in [3.8, 4) is 22.1 Å². The number of nitrogens with one attached hydrogen (secondary N) is 1. The van der Waals surface area contributed by atoms with E-state index in [2.05, 4.69) is 10.3 Å². The summed E-state index contributed by atoms with van der Waals surface area (Å²) in [7, 11) is 3.10. The molecule has 0 saturated heterocycles. The monoisotopic (exact) mass is 374 g/mol. The second-order valence-electron chi connectivity index (χ2n) is 5.07. The predicted octanol–water partition coefficient (Wildman–Crippen LogP) is 4.73. The van der Waals surface area contributed by atoms with Gasteiger partial charge in [-0.25, -0.2) is 4.98 Å². The molecule has 1 amide bonds. The Labute approximate surface area is 154 Å². The summed E-state index contributed by atoms with van der Waals surface area (Å²) in [6.45, 7) is 0. The fraction of sp³-hybridized carbons (Fsp3) is 0.111. The maximum Gasteiger partial charge on any atom is 0.275 e. The Bertz CT molecular complexity index is 894. The van der Waals surface area contributed by atoms with Gasteiger partial charge in [-0.1, -0.05) is 23.7 Å². The van der Waals surface area contributed by atoms with Crippen molar-refractivity contribution in [2.75, 3.05) is 19.5 Å². The standard InChI is InChI=1S/C18H15ClN2O3S/c1-23-13-7-8-14(16(9-13)24-2)20-17(22)15-10-25-18(21-15)11-3-5-12(19)6-4-11/h3-10H,1-2H3,(H,20,22). The van der Waals surface area contributed by atoms with Crippen molar-refractivity contribution in [3.63, 3.8) is 0 Å². The van der Waals surface area contributed by atoms with Crippen molar-refractivity contribution in [2.24, 2.45) is 0 Å². The Hall–Kier alpha value is -2.57. The van der Waals surface area contributed by atoms with Gasteiger partial charge in [-0.05, 0) is 24.3 Å². The SMILES string of the molecule is COc1ccc(NC(=O)c2csc(-c3ccc(Cl)cc3)n2)c(OC)c1. The number of methoxy groups -OCH3 is 2. The lowest BCUT2D eigenvalue weighted by molar-refractivity contribution is 0.102. The highest BCUT2D eigenvalue weighted by Gasteiger charge is 2.14. The number of rotatable bonds is 5. The summed E-state index contributed by atoms with van der Waals surface area (Å²) in [6.07, 6.45) is 0. The molecule has 0 saturated carbocycles. The topological polar surface area (TPSA) is 60.5 Å². The van der Waals surface area contributed by atoms with Crippen LogP contribution in [0, 0.1) is 0 Å². The summed E-state index contributed by atoms with van der Waals surface area (Å²) in [5.74, 6) is 0.856. The van der Waals surface area contributed by atoms with Gasteiger partial charge in [0.25, 0.3) is 5.91 Å². The molecule has 25 heavy (non-hydrogen) atoms. The molecular formula is C18H15ClN2O3S. The third kappa shape index (κ3) is 3.92. The van der Waals surface area contributed by atoms with Crippen molar-refractivity contribution in [3.05, 3.63) is 58.6 Å². The lowest BCUT2D eigenvalue weighted by Gasteiger charge is -2.10. The first-order chi connectivity index (χ1) is 12.1. The number of anilines is 1. The van der Waals surface area contributed by atoms with Crippen molar-refractivity contribution >= 4 is 34.5 Å². The zero-order chi connectivity index (χ0) is 17.8. The minimum absolute atomic E-state index is 0.306. The maximum absolute atomic E-state index is 12.5. The molecule has 0 aliphatic rings. The Morgan fingerprint density at radius 3 is 2.56 bits per heavy atom. The summed E-state index contributed by atoms with van der Waals surface area (Å²) < 4.78 is 10.4. The van der Waals surface area contributed by atoms with E-state index in [0.29, 0.717) is 27.9 Å². The van der Waals surface area contributed by atoms with Gasteiger partial charge in [0.05, 0.1) is 19.9 Å². The first-order valence-corrected chi connectivity index (χ1v) is 8.61. The molecule has 1 heterocycles. The van der Waals surface area contributed by atoms with Gasteiger partial charge < -0.3 is 14.8 Å². The number of aromatic nitrogens is 1. The highest BCUT2D eigenvalue weighted by atomic mass is 35.5. The van der Waals surface area contributed by atoms with Gasteiger partial charge in [-0.15, -0.1) is 11.3 Å². The van der Waals surface area contributed by atoms with Crippen molar-refractivity contribution in [1.29, 1.82) is 0 Å². The fourth-order valence-electron chi connectivity index (χ4n) is 2.19. The molecule has 0 aliphatic heterocycles. The van der Waals surface area contributed by atoms with E-state index in [1.807, 2.05) is 12.1 Å². The van der Waals surface area contributed by atoms with Crippen LogP contribution in [0.25, 0.3) is 10.6 Å². The molecule has 0 unspecified atom stereocenters. The number of hydrogen-bond donors (Lipinski definition) is 1. The van der Waals surface area contributed by atoms with Crippen LogP contribution in [0.1, 0.15) is 10.5 Å². The van der Waals surface area contributed by atoms with E-state index in [1.165, 1.54) is 18.4 Å². The van der Waals surface area contributed by atoms with Gasteiger partial charge in [0.15, 0.2) is 0 Å². The van der Waals surface area contributed by atoms with E-state index >= 15 is 0 Å².